The van der Waals surface area contributed by atoms with Crippen LogP contribution in [0.3, 0.4) is 0 Å². The summed E-state index contributed by atoms with van der Waals surface area (Å²) in [6, 6.07) is 5.03. The minimum absolute atomic E-state index is 0.256. The van der Waals surface area contributed by atoms with Crippen LogP contribution in [0.25, 0.3) is 0 Å². The van der Waals surface area contributed by atoms with Crippen LogP contribution in [0.15, 0.2) is 33.8 Å². The first-order valence-corrected chi connectivity index (χ1v) is 10.7. The van der Waals surface area contributed by atoms with Crippen molar-refractivity contribution in [3.05, 3.63) is 51.2 Å². The third-order valence-electron chi connectivity index (χ3n) is 4.23. The van der Waals surface area contributed by atoms with Gasteiger partial charge in [-0.1, -0.05) is 46.9 Å². The summed E-state index contributed by atoms with van der Waals surface area (Å²) >= 11 is 2.90. The highest BCUT2D eigenvalue weighted by molar-refractivity contribution is 8.01. The van der Waals surface area contributed by atoms with E-state index < -0.39 is 12.0 Å². The number of hydrogen-bond acceptors (Lipinski definition) is 7. The first-order valence-electron chi connectivity index (χ1n) is 8.86. The van der Waals surface area contributed by atoms with E-state index >= 15 is 0 Å². The fourth-order valence-corrected chi connectivity index (χ4v) is 4.82. The molecule has 2 aromatic rings. The number of esters is 1. The van der Waals surface area contributed by atoms with E-state index in [9.17, 15) is 9.59 Å². The van der Waals surface area contributed by atoms with Crippen molar-refractivity contribution >= 4 is 35.1 Å². The highest BCUT2D eigenvalue weighted by Crippen LogP contribution is 2.33. The minimum atomic E-state index is -0.569. The highest BCUT2D eigenvalue weighted by atomic mass is 32.2. The molecule has 9 heteroatoms. The number of nitrogens with zero attached hydrogens (tertiary/aromatic N) is 2. The number of nitrogens with one attached hydrogen (secondary N) is 2. The molecule has 0 radical (unpaired) electrons. The van der Waals surface area contributed by atoms with Gasteiger partial charge in [-0.25, -0.2) is 9.59 Å². The SMILES string of the molecule is CCOC(=O)C1=C(CSc2nnc(C)s2)NC(=O)N[C@@H]1c1ccc(C)cc1C. The van der Waals surface area contributed by atoms with Crippen LogP contribution in [0, 0.1) is 20.8 Å². The molecule has 0 aliphatic carbocycles. The maximum Gasteiger partial charge on any atom is 0.338 e. The molecule has 2 amide bonds. The summed E-state index contributed by atoms with van der Waals surface area (Å²) in [6.45, 7) is 7.88. The lowest BCUT2D eigenvalue weighted by Crippen LogP contribution is -2.46. The normalized spacial score (nSPS) is 16.6. The molecule has 2 N–H and O–H groups in total. The zero-order valence-corrected chi connectivity index (χ0v) is 17.8. The molecule has 28 heavy (non-hydrogen) atoms. The van der Waals surface area contributed by atoms with Crippen molar-refractivity contribution in [1.82, 2.24) is 20.8 Å². The smallest absolute Gasteiger partial charge is 0.338 e. The quantitative estimate of drug-likeness (QED) is 0.551. The number of rotatable bonds is 6. The predicted molar refractivity (Wildman–Crippen MR) is 109 cm³/mol. The van der Waals surface area contributed by atoms with Crippen LogP contribution >= 0.6 is 23.1 Å². The number of carbonyl (C=O) groups excluding carboxylic acids is 2. The predicted octanol–water partition coefficient (Wildman–Crippen LogP) is 3.43. The van der Waals surface area contributed by atoms with Gasteiger partial charge in [0.05, 0.1) is 18.2 Å². The van der Waals surface area contributed by atoms with Gasteiger partial charge in [-0.15, -0.1) is 10.2 Å². The van der Waals surface area contributed by atoms with Gasteiger partial charge in [0, 0.05) is 11.4 Å². The van der Waals surface area contributed by atoms with E-state index in [2.05, 4.69) is 20.8 Å². The maximum absolute atomic E-state index is 12.8. The Morgan fingerprint density at radius 3 is 2.71 bits per heavy atom. The molecule has 1 aromatic carbocycles. The van der Waals surface area contributed by atoms with Crippen LogP contribution in [-0.2, 0) is 9.53 Å². The van der Waals surface area contributed by atoms with Crippen LogP contribution in [0.5, 0.6) is 0 Å². The second kappa shape index (κ2) is 8.74. The summed E-state index contributed by atoms with van der Waals surface area (Å²) in [5.41, 5.74) is 3.94. The van der Waals surface area contributed by atoms with Gasteiger partial charge in [0.25, 0.3) is 0 Å². The average Bonchev–Trinajstić information content (AvgIpc) is 3.05. The Morgan fingerprint density at radius 1 is 1.29 bits per heavy atom. The second-order valence-corrected chi connectivity index (χ2v) is 8.78. The van der Waals surface area contributed by atoms with Crippen molar-refractivity contribution in [3.63, 3.8) is 0 Å². The molecule has 0 spiro atoms. The molecule has 0 saturated heterocycles. The Kier molecular flexibility index (Phi) is 6.35. The van der Waals surface area contributed by atoms with E-state index in [1.165, 1.54) is 23.1 Å². The molecule has 2 heterocycles. The van der Waals surface area contributed by atoms with E-state index in [-0.39, 0.29) is 12.6 Å². The van der Waals surface area contributed by atoms with Crippen LogP contribution in [-0.4, -0.2) is 34.6 Å². The van der Waals surface area contributed by atoms with E-state index in [0.29, 0.717) is 17.0 Å². The van der Waals surface area contributed by atoms with Crippen molar-refractivity contribution in [2.45, 2.75) is 38.1 Å². The molecular weight excluding hydrogens is 396 g/mol. The molecule has 148 valence electrons. The second-order valence-electron chi connectivity index (χ2n) is 6.38. The van der Waals surface area contributed by atoms with Crippen LogP contribution in [0.2, 0.25) is 0 Å². The highest BCUT2D eigenvalue weighted by Gasteiger charge is 2.34. The first kappa shape index (κ1) is 20.3. The van der Waals surface area contributed by atoms with E-state index in [0.717, 1.165) is 26.0 Å². The van der Waals surface area contributed by atoms with Gasteiger partial charge in [-0.3, -0.25) is 0 Å². The van der Waals surface area contributed by atoms with Crippen molar-refractivity contribution < 1.29 is 14.3 Å². The fourth-order valence-electron chi connectivity index (χ4n) is 3.04. The van der Waals surface area contributed by atoms with Crippen LogP contribution in [0.1, 0.15) is 34.7 Å². The first-order chi connectivity index (χ1) is 13.4. The number of benzene rings is 1. The number of urea groups is 1. The summed E-state index contributed by atoms with van der Waals surface area (Å²) in [4.78, 5) is 25.1. The number of amides is 2. The monoisotopic (exact) mass is 418 g/mol. The molecule has 1 aliphatic rings. The van der Waals surface area contributed by atoms with Crippen LogP contribution < -0.4 is 10.6 Å². The molecule has 1 aromatic heterocycles. The molecule has 1 atom stereocenters. The van der Waals surface area contributed by atoms with Crippen molar-refractivity contribution in [1.29, 1.82) is 0 Å². The molecule has 0 bridgehead atoms. The number of hydrogen-bond donors (Lipinski definition) is 2. The standard InChI is InChI=1S/C19H22N4O3S2/c1-5-26-17(24)15-14(9-27-19-23-22-12(4)28-19)20-18(25)21-16(15)13-7-6-10(2)8-11(13)3/h6-8,16H,5,9H2,1-4H3,(H2,20,21,25)/t16-/m1/s1. The third-order valence-corrected chi connectivity index (χ3v) is 6.23. The minimum Gasteiger partial charge on any atom is -0.463 e. The Hall–Kier alpha value is -2.39. The van der Waals surface area contributed by atoms with E-state index in [4.69, 9.17) is 4.74 Å². The molecular formula is C19H22N4O3S2. The van der Waals surface area contributed by atoms with Gasteiger partial charge < -0.3 is 15.4 Å². The Balaban J connectivity index is 2.00. The Labute approximate surface area is 172 Å². The zero-order chi connectivity index (χ0) is 20.3. The third kappa shape index (κ3) is 4.53. The fraction of sp³-hybridized carbons (Fsp3) is 0.368. The van der Waals surface area contributed by atoms with Gasteiger partial charge in [0.2, 0.25) is 0 Å². The van der Waals surface area contributed by atoms with E-state index in [1.54, 1.807) is 6.92 Å². The summed E-state index contributed by atoms with van der Waals surface area (Å²) in [5, 5.41) is 14.6. The number of carbonyl (C=O) groups is 2. The number of aryl methyl sites for hydroxylation is 3. The zero-order valence-electron chi connectivity index (χ0n) is 16.2. The van der Waals surface area contributed by atoms with Crippen molar-refractivity contribution in [2.75, 3.05) is 12.4 Å². The summed E-state index contributed by atoms with van der Waals surface area (Å²) in [5.74, 6) is -0.0542. The maximum atomic E-state index is 12.8. The van der Waals surface area contributed by atoms with Crippen molar-refractivity contribution in [3.8, 4) is 0 Å². The largest absolute Gasteiger partial charge is 0.463 e. The molecule has 3 rings (SSSR count). The van der Waals surface area contributed by atoms with E-state index in [1.807, 2.05) is 39.0 Å². The van der Waals surface area contributed by atoms with Gasteiger partial charge in [-0.2, -0.15) is 0 Å². The molecule has 7 nitrogen and oxygen atoms in total. The molecule has 0 saturated carbocycles. The van der Waals surface area contributed by atoms with Gasteiger partial charge in [-0.05, 0) is 38.8 Å². The van der Waals surface area contributed by atoms with Crippen molar-refractivity contribution in [2.24, 2.45) is 0 Å². The number of aromatic nitrogens is 2. The summed E-state index contributed by atoms with van der Waals surface area (Å²) in [6.07, 6.45) is 0. The topological polar surface area (TPSA) is 93.2 Å². The lowest BCUT2D eigenvalue weighted by molar-refractivity contribution is -0.139. The molecule has 0 unspecified atom stereocenters. The molecule has 1 aliphatic heterocycles. The number of ether oxygens (including phenoxy) is 1. The van der Waals surface area contributed by atoms with Gasteiger partial charge in [0.1, 0.15) is 5.01 Å². The van der Waals surface area contributed by atoms with Crippen LogP contribution in [0.4, 0.5) is 4.79 Å². The van der Waals surface area contributed by atoms with Gasteiger partial charge >= 0.3 is 12.0 Å². The lowest BCUT2D eigenvalue weighted by atomic mass is 9.91. The average molecular weight is 419 g/mol. The Bertz CT molecular complexity index is 939. The van der Waals surface area contributed by atoms with Gasteiger partial charge in [0.15, 0.2) is 4.34 Å². The Morgan fingerprint density at radius 2 is 2.07 bits per heavy atom. The molecule has 0 fully saturated rings. The summed E-state index contributed by atoms with van der Waals surface area (Å²) < 4.78 is 6.08. The number of thioether (sulfide) groups is 1. The summed E-state index contributed by atoms with van der Waals surface area (Å²) in [7, 11) is 0. The lowest BCUT2D eigenvalue weighted by Gasteiger charge is -2.30.